The second kappa shape index (κ2) is 6.01. The van der Waals surface area contributed by atoms with Crippen LogP contribution < -0.4 is 20.1 Å². The SMILES string of the molecule is CCNc1nc2ccc(C(=O)Nc3ccc4c(c3)OCO4)cc2s1. The first kappa shape index (κ1) is 14.8. The average Bonchev–Trinajstić information content (AvgIpc) is 3.19. The number of carbonyl (C=O) groups is 1. The molecular weight excluding hydrogens is 326 g/mol. The highest BCUT2D eigenvalue weighted by Gasteiger charge is 2.15. The maximum Gasteiger partial charge on any atom is 0.255 e. The van der Waals surface area contributed by atoms with Gasteiger partial charge < -0.3 is 20.1 Å². The molecule has 122 valence electrons. The number of nitrogens with zero attached hydrogens (tertiary/aromatic N) is 1. The highest BCUT2D eigenvalue weighted by atomic mass is 32.1. The molecule has 2 heterocycles. The summed E-state index contributed by atoms with van der Waals surface area (Å²) in [6.07, 6.45) is 0. The molecule has 1 aliphatic heterocycles. The van der Waals surface area contributed by atoms with E-state index in [-0.39, 0.29) is 12.7 Å². The lowest BCUT2D eigenvalue weighted by atomic mass is 10.2. The maximum absolute atomic E-state index is 12.5. The minimum Gasteiger partial charge on any atom is -0.454 e. The molecule has 0 unspecified atom stereocenters. The number of carbonyl (C=O) groups excluding carboxylic acids is 1. The molecule has 3 aromatic rings. The van der Waals surface area contributed by atoms with Gasteiger partial charge in [0.2, 0.25) is 6.79 Å². The van der Waals surface area contributed by atoms with Gasteiger partial charge in [-0.2, -0.15) is 0 Å². The smallest absolute Gasteiger partial charge is 0.255 e. The summed E-state index contributed by atoms with van der Waals surface area (Å²) in [7, 11) is 0. The van der Waals surface area contributed by atoms with Gasteiger partial charge in [-0.15, -0.1) is 0 Å². The van der Waals surface area contributed by atoms with E-state index in [0.717, 1.165) is 21.9 Å². The summed E-state index contributed by atoms with van der Waals surface area (Å²) in [5.74, 6) is 1.16. The number of anilines is 2. The number of ether oxygens (including phenoxy) is 2. The van der Waals surface area contributed by atoms with Crippen LogP contribution in [0.2, 0.25) is 0 Å². The van der Waals surface area contributed by atoms with Crippen LogP contribution in [0.25, 0.3) is 10.2 Å². The molecule has 7 heteroatoms. The van der Waals surface area contributed by atoms with Crippen molar-refractivity contribution in [2.45, 2.75) is 6.92 Å². The summed E-state index contributed by atoms with van der Waals surface area (Å²) in [5, 5.41) is 6.93. The van der Waals surface area contributed by atoms with Crippen LogP contribution in [0.15, 0.2) is 36.4 Å². The quantitative estimate of drug-likeness (QED) is 0.757. The number of rotatable bonds is 4. The standard InChI is InChI=1S/C17H15N3O3S/c1-2-18-17-20-12-5-3-10(7-15(12)24-17)16(21)19-11-4-6-13-14(8-11)23-9-22-13/h3-8H,2,9H2,1H3,(H,18,20)(H,19,21). The van der Waals surface area contributed by atoms with E-state index in [9.17, 15) is 4.79 Å². The molecule has 0 saturated heterocycles. The number of amides is 1. The van der Waals surface area contributed by atoms with Crippen molar-refractivity contribution in [1.29, 1.82) is 0 Å². The molecule has 2 aromatic carbocycles. The van der Waals surface area contributed by atoms with Crippen molar-refractivity contribution in [3.63, 3.8) is 0 Å². The van der Waals surface area contributed by atoms with Crippen LogP contribution in [0.3, 0.4) is 0 Å². The predicted octanol–water partition coefficient (Wildman–Crippen LogP) is 3.71. The summed E-state index contributed by atoms with van der Waals surface area (Å²) in [6.45, 7) is 3.05. The Balaban J connectivity index is 1.56. The van der Waals surface area contributed by atoms with Crippen LogP contribution in [0.4, 0.5) is 10.8 Å². The second-order valence-electron chi connectivity index (χ2n) is 5.25. The molecule has 6 nitrogen and oxygen atoms in total. The lowest BCUT2D eigenvalue weighted by molar-refractivity contribution is 0.102. The first-order valence-corrected chi connectivity index (χ1v) is 8.40. The molecule has 0 spiro atoms. The van der Waals surface area contributed by atoms with Crippen molar-refractivity contribution in [3.05, 3.63) is 42.0 Å². The highest BCUT2D eigenvalue weighted by Crippen LogP contribution is 2.34. The van der Waals surface area contributed by atoms with Gasteiger partial charge in [0.15, 0.2) is 16.6 Å². The van der Waals surface area contributed by atoms with Crippen LogP contribution in [0.1, 0.15) is 17.3 Å². The minimum absolute atomic E-state index is 0.172. The second-order valence-corrected chi connectivity index (χ2v) is 6.28. The van der Waals surface area contributed by atoms with Crippen LogP contribution in [-0.4, -0.2) is 24.2 Å². The molecule has 1 aromatic heterocycles. The molecule has 0 fully saturated rings. The fraction of sp³-hybridized carbons (Fsp3) is 0.176. The van der Waals surface area contributed by atoms with E-state index >= 15 is 0 Å². The third-order valence-electron chi connectivity index (χ3n) is 3.61. The molecule has 24 heavy (non-hydrogen) atoms. The molecule has 0 bridgehead atoms. The first-order chi connectivity index (χ1) is 11.7. The zero-order valence-electron chi connectivity index (χ0n) is 13.0. The molecule has 2 N–H and O–H groups in total. The third-order valence-corrected chi connectivity index (χ3v) is 4.58. The predicted molar refractivity (Wildman–Crippen MR) is 94.3 cm³/mol. The van der Waals surface area contributed by atoms with Gasteiger partial charge in [0.1, 0.15) is 0 Å². The van der Waals surface area contributed by atoms with Gasteiger partial charge in [0.25, 0.3) is 5.91 Å². The van der Waals surface area contributed by atoms with E-state index in [2.05, 4.69) is 15.6 Å². The van der Waals surface area contributed by atoms with Crippen molar-refractivity contribution in [1.82, 2.24) is 4.98 Å². The first-order valence-electron chi connectivity index (χ1n) is 7.58. The lowest BCUT2D eigenvalue weighted by Gasteiger charge is -2.06. The van der Waals surface area contributed by atoms with Crippen molar-refractivity contribution in [2.75, 3.05) is 24.0 Å². The Kier molecular flexibility index (Phi) is 3.70. The third kappa shape index (κ3) is 2.74. The number of thiazole rings is 1. The van der Waals surface area contributed by atoms with Crippen molar-refractivity contribution in [3.8, 4) is 11.5 Å². The summed E-state index contributed by atoms with van der Waals surface area (Å²) in [5.41, 5.74) is 2.14. The zero-order chi connectivity index (χ0) is 16.5. The number of hydrogen-bond acceptors (Lipinski definition) is 6. The molecule has 4 rings (SSSR count). The summed E-state index contributed by atoms with van der Waals surface area (Å²) >= 11 is 1.54. The fourth-order valence-electron chi connectivity index (χ4n) is 2.47. The Morgan fingerprint density at radius 1 is 1.21 bits per heavy atom. The summed E-state index contributed by atoms with van der Waals surface area (Å²) in [4.78, 5) is 16.9. The van der Waals surface area contributed by atoms with Crippen molar-refractivity contribution >= 4 is 38.3 Å². The van der Waals surface area contributed by atoms with Crippen LogP contribution in [0, 0.1) is 0 Å². The Hall–Kier alpha value is -2.80. The number of fused-ring (bicyclic) bond motifs is 2. The normalized spacial score (nSPS) is 12.4. The number of nitrogens with one attached hydrogen (secondary N) is 2. The van der Waals surface area contributed by atoms with Crippen molar-refractivity contribution < 1.29 is 14.3 Å². The molecule has 0 atom stereocenters. The van der Waals surface area contributed by atoms with Gasteiger partial charge in [-0.3, -0.25) is 4.79 Å². The number of hydrogen-bond donors (Lipinski definition) is 2. The van der Waals surface area contributed by atoms with E-state index in [1.54, 1.807) is 24.3 Å². The largest absolute Gasteiger partial charge is 0.454 e. The van der Waals surface area contributed by atoms with Crippen LogP contribution in [0.5, 0.6) is 11.5 Å². The van der Waals surface area contributed by atoms with Gasteiger partial charge in [-0.05, 0) is 37.3 Å². The van der Waals surface area contributed by atoms with Crippen LogP contribution >= 0.6 is 11.3 Å². The molecule has 0 saturated carbocycles. The monoisotopic (exact) mass is 341 g/mol. The maximum atomic E-state index is 12.5. The summed E-state index contributed by atoms with van der Waals surface area (Å²) < 4.78 is 11.6. The summed E-state index contributed by atoms with van der Waals surface area (Å²) in [6, 6.07) is 10.8. The Bertz CT molecular complexity index is 923. The van der Waals surface area contributed by atoms with Crippen molar-refractivity contribution in [2.24, 2.45) is 0 Å². The fourth-order valence-corrected chi connectivity index (χ4v) is 3.44. The van der Waals surface area contributed by atoms with Gasteiger partial charge in [-0.1, -0.05) is 11.3 Å². The van der Waals surface area contributed by atoms with Crippen LogP contribution in [-0.2, 0) is 0 Å². The average molecular weight is 341 g/mol. The Morgan fingerprint density at radius 3 is 2.96 bits per heavy atom. The topological polar surface area (TPSA) is 72.5 Å². The molecule has 1 aliphatic rings. The van der Waals surface area contributed by atoms with Gasteiger partial charge in [-0.25, -0.2) is 4.98 Å². The van der Waals surface area contributed by atoms with E-state index in [4.69, 9.17) is 9.47 Å². The molecule has 0 aliphatic carbocycles. The van der Waals surface area contributed by atoms with E-state index in [0.29, 0.717) is 22.7 Å². The van der Waals surface area contributed by atoms with E-state index in [1.165, 1.54) is 11.3 Å². The zero-order valence-corrected chi connectivity index (χ0v) is 13.8. The minimum atomic E-state index is -0.172. The molecular formula is C17H15N3O3S. The van der Waals surface area contributed by atoms with Gasteiger partial charge >= 0.3 is 0 Å². The molecule has 0 radical (unpaired) electrons. The molecule has 1 amide bonds. The Morgan fingerprint density at radius 2 is 2.08 bits per heavy atom. The number of aromatic nitrogens is 1. The van der Waals surface area contributed by atoms with Gasteiger partial charge in [0.05, 0.1) is 10.2 Å². The van der Waals surface area contributed by atoms with E-state index in [1.807, 2.05) is 19.1 Å². The van der Waals surface area contributed by atoms with Gasteiger partial charge in [0, 0.05) is 23.9 Å². The number of benzene rings is 2. The lowest BCUT2D eigenvalue weighted by Crippen LogP contribution is -2.11. The highest BCUT2D eigenvalue weighted by molar-refractivity contribution is 7.22. The van der Waals surface area contributed by atoms with E-state index < -0.39 is 0 Å². The Labute approximate surface area is 142 Å².